The van der Waals surface area contributed by atoms with Crippen molar-refractivity contribution in [2.45, 2.75) is 13.0 Å². The first kappa shape index (κ1) is 14.1. The SMILES string of the molecule is C=CCc1ccc(O)cc1CN1C(=O)c2ccccc2C1=O. The van der Waals surface area contributed by atoms with Crippen LogP contribution < -0.4 is 0 Å². The molecule has 1 heterocycles. The first-order valence-corrected chi connectivity index (χ1v) is 6.98. The monoisotopic (exact) mass is 293 g/mol. The van der Waals surface area contributed by atoms with Crippen LogP contribution in [0.1, 0.15) is 31.8 Å². The van der Waals surface area contributed by atoms with E-state index >= 15 is 0 Å². The van der Waals surface area contributed by atoms with E-state index in [-0.39, 0.29) is 24.1 Å². The summed E-state index contributed by atoms with van der Waals surface area (Å²) in [6, 6.07) is 11.7. The Morgan fingerprint density at radius 2 is 1.64 bits per heavy atom. The number of carbonyl (C=O) groups is 2. The van der Waals surface area contributed by atoms with E-state index in [4.69, 9.17) is 0 Å². The third-order valence-electron chi connectivity index (χ3n) is 3.76. The van der Waals surface area contributed by atoms with Gasteiger partial charge in [0.1, 0.15) is 5.75 Å². The van der Waals surface area contributed by atoms with Gasteiger partial charge in [0.15, 0.2) is 0 Å². The van der Waals surface area contributed by atoms with Crippen molar-refractivity contribution >= 4 is 11.8 Å². The van der Waals surface area contributed by atoms with Gasteiger partial charge in [-0.15, -0.1) is 6.58 Å². The fourth-order valence-electron chi connectivity index (χ4n) is 2.67. The maximum absolute atomic E-state index is 12.4. The third-order valence-corrected chi connectivity index (χ3v) is 3.76. The quantitative estimate of drug-likeness (QED) is 0.696. The molecule has 4 nitrogen and oxygen atoms in total. The topological polar surface area (TPSA) is 57.6 Å². The van der Waals surface area contributed by atoms with Crippen LogP contribution in [0.5, 0.6) is 5.75 Å². The fourth-order valence-corrected chi connectivity index (χ4v) is 2.67. The molecule has 4 heteroatoms. The van der Waals surface area contributed by atoms with Crippen molar-refractivity contribution in [2.75, 3.05) is 0 Å². The molecule has 0 aromatic heterocycles. The minimum Gasteiger partial charge on any atom is -0.508 e. The minimum absolute atomic E-state index is 0.111. The lowest BCUT2D eigenvalue weighted by atomic mass is 10.0. The summed E-state index contributed by atoms with van der Waals surface area (Å²) < 4.78 is 0. The second kappa shape index (κ2) is 5.48. The van der Waals surface area contributed by atoms with Crippen LogP contribution in [0.15, 0.2) is 55.1 Å². The predicted molar refractivity (Wildman–Crippen MR) is 82.7 cm³/mol. The number of amides is 2. The van der Waals surface area contributed by atoms with Gasteiger partial charge < -0.3 is 5.11 Å². The zero-order chi connectivity index (χ0) is 15.7. The number of carbonyl (C=O) groups excluding carboxylic acids is 2. The van der Waals surface area contributed by atoms with Crippen molar-refractivity contribution in [2.24, 2.45) is 0 Å². The van der Waals surface area contributed by atoms with Gasteiger partial charge in [0, 0.05) is 0 Å². The zero-order valence-electron chi connectivity index (χ0n) is 12.0. The number of aromatic hydroxyl groups is 1. The molecule has 0 unspecified atom stereocenters. The summed E-state index contributed by atoms with van der Waals surface area (Å²) in [6.45, 7) is 3.85. The van der Waals surface area contributed by atoms with Crippen molar-refractivity contribution in [3.05, 3.63) is 77.4 Å². The van der Waals surface area contributed by atoms with Gasteiger partial charge in [0.25, 0.3) is 11.8 Å². The Bertz CT molecular complexity index is 745. The van der Waals surface area contributed by atoms with E-state index in [2.05, 4.69) is 6.58 Å². The Balaban J connectivity index is 1.95. The first-order valence-electron chi connectivity index (χ1n) is 6.98. The van der Waals surface area contributed by atoms with Gasteiger partial charge in [0.2, 0.25) is 0 Å². The van der Waals surface area contributed by atoms with Crippen molar-refractivity contribution < 1.29 is 14.7 Å². The summed E-state index contributed by atoms with van der Waals surface area (Å²) in [5, 5.41) is 9.67. The van der Waals surface area contributed by atoms with Crippen molar-refractivity contribution in [1.29, 1.82) is 0 Å². The van der Waals surface area contributed by atoms with Crippen LogP contribution >= 0.6 is 0 Å². The van der Waals surface area contributed by atoms with Crippen LogP contribution in [0, 0.1) is 0 Å². The molecule has 0 saturated heterocycles. The summed E-state index contributed by atoms with van der Waals surface area (Å²) in [4.78, 5) is 26.0. The number of hydrogen-bond acceptors (Lipinski definition) is 3. The number of fused-ring (bicyclic) bond motifs is 1. The minimum atomic E-state index is -0.298. The van der Waals surface area contributed by atoms with Crippen LogP contribution in [0.3, 0.4) is 0 Å². The summed E-state index contributed by atoms with van der Waals surface area (Å²) in [6.07, 6.45) is 2.36. The van der Waals surface area contributed by atoms with Gasteiger partial charge in [0.05, 0.1) is 17.7 Å². The Labute approximate surface area is 128 Å². The number of rotatable bonds is 4. The molecule has 0 fully saturated rings. The molecule has 2 aromatic carbocycles. The van der Waals surface area contributed by atoms with Crippen LogP contribution in [0.2, 0.25) is 0 Å². The van der Waals surface area contributed by atoms with E-state index in [0.717, 1.165) is 11.1 Å². The lowest BCUT2D eigenvalue weighted by molar-refractivity contribution is 0.0642. The summed E-state index contributed by atoms with van der Waals surface area (Å²) >= 11 is 0. The lowest BCUT2D eigenvalue weighted by Crippen LogP contribution is -2.29. The average molecular weight is 293 g/mol. The second-order valence-electron chi connectivity index (χ2n) is 5.19. The van der Waals surface area contributed by atoms with Gasteiger partial charge in [-0.1, -0.05) is 24.3 Å². The Morgan fingerprint density at radius 3 is 2.23 bits per heavy atom. The highest BCUT2D eigenvalue weighted by molar-refractivity contribution is 6.21. The second-order valence-corrected chi connectivity index (χ2v) is 5.19. The Morgan fingerprint density at radius 1 is 1.00 bits per heavy atom. The zero-order valence-corrected chi connectivity index (χ0v) is 12.0. The maximum atomic E-state index is 12.4. The summed E-state index contributed by atoms with van der Waals surface area (Å²) in [5.74, 6) is -0.485. The smallest absolute Gasteiger partial charge is 0.261 e. The van der Waals surface area contributed by atoms with Crippen LogP contribution in [0.4, 0.5) is 0 Å². The average Bonchev–Trinajstić information content (AvgIpc) is 2.76. The number of benzene rings is 2. The number of nitrogens with zero attached hydrogens (tertiary/aromatic N) is 1. The van der Waals surface area contributed by atoms with E-state index in [0.29, 0.717) is 17.5 Å². The van der Waals surface area contributed by atoms with Gasteiger partial charge in [-0.25, -0.2) is 0 Å². The number of allylic oxidation sites excluding steroid dienone is 1. The van der Waals surface area contributed by atoms with Gasteiger partial charge >= 0.3 is 0 Å². The molecule has 0 aliphatic carbocycles. The van der Waals surface area contributed by atoms with Crippen molar-refractivity contribution in [3.63, 3.8) is 0 Å². The Hall–Kier alpha value is -2.88. The summed E-state index contributed by atoms with van der Waals surface area (Å²) in [7, 11) is 0. The Kier molecular flexibility index (Phi) is 3.51. The lowest BCUT2D eigenvalue weighted by Gasteiger charge is -2.16. The molecule has 1 aliphatic rings. The molecule has 0 radical (unpaired) electrons. The van der Waals surface area contributed by atoms with Gasteiger partial charge in [-0.3, -0.25) is 14.5 Å². The van der Waals surface area contributed by atoms with Gasteiger partial charge in [-0.2, -0.15) is 0 Å². The number of phenols is 1. The third kappa shape index (κ3) is 2.29. The molecular weight excluding hydrogens is 278 g/mol. The highest BCUT2D eigenvalue weighted by Gasteiger charge is 2.35. The van der Waals surface area contributed by atoms with E-state index in [1.165, 1.54) is 4.90 Å². The maximum Gasteiger partial charge on any atom is 0.261 e. The molecule has 0 atom stereocenters. The van der Waals surface area contributed by atoms with E-state index in [1.54, 1.807) is 48.5 Å². The molecule has 2 amide bonds. The van der Waals surface area contributed by atoms with E-state index in [9.17, 15) is 14.7 Å². The van der Waals surface area contributed by atoms with Crippen molar-refractivity contribution in [3.8, 4) is 5.75 Å². The van der Waals surface area contributed by atoms with E-state index in [1.807, 2.05) is 0 Å². The molecule has 0 saturated carbocycles. The highest BCUT2D eigenvalue weighted by atomic mass is 16.3. The molecule has 0 bridgehead atoms. The molecule has 22 heavy (non-hydrogen) atoms. The normalized spacial score (nSPS) is 13.4. The number of hydrogen-bond donors (Lipinski definition) is 1. The standard InChI is InChI=1S/C18H15NO3/c1-2-5-12-8-9-14(20)10-13(12)11-19-17(21)15-6-3-4-7-16(15)18(19)22/h2-4,6-10,20H,1,5,11H2. The number of imide groups is 1. The number of phenolic OH excluding ortho intramolecular Hbond substituents is 1. The van der Waals surface area contributed by atoms with Crippen LogP contribution in [-0.2, 0) is 13.0 Å². The largest absolute Gasteiger partial charge is 0.508 e. The molecule has 1 N–H and O–H groups in total. The predicted octanol–water partition coefficient (Wildman–Crippen LogP) is 2.92. The fraction of sp³-hybridized carbons (Fsp3) is 0.111. The highest BCUT2D eigenvalue weighted by Crippen LogP contribution is 2.26. The molecule has 3 rings (SSSR count). The summed E-state index contributed by atoms with van der Waals surface area (Å²) in [5.41, 5.74) is 2.54. The molecule has 0 spiro atoms. The van der Waals surface area contributed by atoms with E-state index < -0.39 is 0 Å². The van der Waals surface area contributed by atoms with Crippen molar-refractivity contribution in [1.82, 2.24) is 4.90 Å². The van der Waals surface area contributed by atoms with Crippen LogP contribution in [-0.4, -0.2) is 21.8 Å². The van der Waals surface area contributed by atoms with Crippen LogP contribution in [0.25, 0.3) is 0 Å². The first-order chi connectivity index (χ1) is 10.6. The molecule has 2 aromatic rings. The van der Waals surface area contributed by atoms with Gasteiger partial charge in [-0.05, 0) is 41.8 Å². The molecule has 1 aliphatic heterocycles. The molecular formula is C18H15NO3. The molecule has 110 valence electrons.